The minimum atomic E-state index is -2.64. The van der Waals surface area contributed by atoms with Gasteiger partial charge in [-0.2, -0.15) is 0 Å². The number of piperidine rings is 1. The summed E-state index contributed by atoms with van der Waals surface area (Å²) in [7, 11) is 0. The lowest BCUT2D eigenvalue weighted by Gasteiger charge is -2.32. The number of halogens is 2. The zero-order valence-electron chi connectivity index (χ0n) is 12.0. The average Bonchev–Trinajstić information content (AvgIpc) is 2.26. The lowest BCUT2D eigenvalue weighted by Crippen LogP contribution is -2.44. The molecule has 0 radical (unpaired) electrons. The second-order valence-electron chi connectivity index (χ2n) is 6.76. The van der Waals surface area contributed by atoms with Crippen LogP contribution in [-0.4, -0.2) is 19.0 Å². The Balaban J connectivity index is 2.23. The van der Waals surface area contributed by atoms with E-state index in [1.165, 1.54) is 0 Å². The van der Waals surface area contributed by atoms with Crippen molar-refractivity contribution in [1.29, 1.82) is 0 Å². The van der Waals surface area contributed by atoms with Crippen LogP contribution in [0.5, 0.6) is 0 Å². The Bertz CT molecular complexity index is 435. The molecule has 0 aromatic heterocycles. The minimum Gasteiger partial charge on any atom is -0.311 e. The van der Waals surface area contributed by atoms with Crippen molar-refractivity contribution in [2.45, 2.75) is 45.5 Å². The highest BCUT2D eigenvalue weighted by atomic mass is 19.3. The van der Waals surface area contributed by atoms with Crippen molar-refractivity contribution in [2.24, 2.45) is 5.41 Å². The molecule has 0 amide bonds. The average molecular weight is 267 g/mol. The summed E-state index contributed by atoms with van der Waals surface area (Å²) in [6.07, 6.45) is 1.42. The van der Waals surface area contributed by atoms with Gasteiger partial charge in [0.15, 0.2) is 0 Å². The van der Waals surface area contributed by atoms with E-state index in [1.807, 2.05) is 24.3 Å². The van der Waals surface area contributed by atoms with Crippen molar-refractivity contribution >= 4 is 0 Å². The van der Waals surface area contributed by atoms with Crippen molar-refractivity contribution < 1.29 is 8.78 Å². The molecule has 1 heterocycles. The fourth-order valence-electron chi connectivity index (χ4n) is 2.78. The molecule has 1 atom stereocenters. The van der Waals surface area contributed by atoms with Crippen LogP contribution in [0.1, 0.15) is 44.2 Å². The van der Waals surface area contributed by atoms with Crippen LogP contribution in [0.2, 0.25) is 0 Å². The molecule has 1 aliphatic rings. The zero-order valence-corrected chi connectivity index (χ0v) is 12.0. The van der Waals surface area contributed by atoms with Gasteiger partial charge in [0.25, 0.3) is 5.92 Å². The Morgan fingerprint density at radius 1 is 1.32 bits per heavy atom. The highest BCUT2D eigenvalue weighted by Gasteiger charge is 2.42. The number of hydrogen-bond donors (Lipinski definition) is 1. The molecule has 1 fully saturated rings. The second-order valence-corrected chi connectivity index (χ2v) is 6.76. The second kappa shape index (κ2) is 5.20. The molecule has 1 nitrogen and oxygen atoms in total. The van der Waals surface area contributed by atoms with E-state index in [-0.39, 0.29) is 12.0 Å². The van der Waals surface area contributed by atoms with Crippen molar-refractivity contribution in [3.63, 3.8) is 0 Å². The molecule has 0 saturated carbocycles. The van der Waals surface area contributed by atoms with Gasteiger partial charge in [0.1, 0.15) is 0 Å². The normalized spacial score (nSPS) is 23.3. The summed E-state index contributed by atoms with van der Waals surface area (Å²) in [6, 6.07) is 7.76. The molecule has 1 N–H and O–H groups in total. The van der Waals surface area contributed by atoms with Crippen molar-refractivity contribution in [3.8, 4) is 0 Å². The lowest BCUT2D eigenvalue weighted by molar-refractivity contribution is -0.0420. The number of rotatable bonds is 2. The molecule has 0 spiro atoms. The molecule has 0 aliphatic carbocycles. The molecule has 1 saturated heterocycles. The van der Waals surface area contributed by atoms with Gasteiger partial charge in [0.05, 0.1) is 12.5 Å². The molecule has 2 rings (SSSR count). The molecule has 0 bridgehead atoms. The predicted molar refractivity (Wildman–Crippen MR) is 74.8 cm³/mol. The maximum absolute atomic E-state index is 14.0. The first-order chi connectivity index (χ1) is 8.78. The number of benzene rings is 1. The van der Waals surface area contributed by atoms with E-state index in [9.17, 15) is 8.78 Å². The Labute approximate surface area is 114 Å². The number of nitrogens with one attached hydrogen (secondary N) is 1. The van der Waals surface area contributed by atoms with Gasteiger partial charge in [-0.05, 0) is 35.9 Å². The van der Waals surface area contributed by atoms with Gasteiger partial charge in [-0.15, -0.1) is 0 Å². The Morgan fingerprint density at radius 2 is 2.05 bits per heavy atom. The van der Waals surface area contributed by atoms with Gasteiger partial charge in [0.2, 0.25) is 0 Å². The van der Waals surface area contributed by atoms with E-state index in [4.69, 9.17) is 0 Å². The van der Waals surface area contributed by atoms with Gasteiger partial charge in [-0.1, -0.05) is 45.0 Å². The smallest absolute Gasteiger partial charge is 0.267 e. The first-order valence-electron chi connectivity index (χ1n) is 6.95. The third-order valence-electron chi connectivity index (χ3n) is 3.57. The molecule has 106 valence electrons. The van der Waals surface area contributed by atoms with E-state index in [0.29, 0.717) is 13.0 Å². The molecule has 19 heavy (non-hydrogen) atoms. The van der Waals surface area contributed by atoms with E-state index in [2.05, 4.69) is 26.1 Å². The summed E-state index contributed by atoms with van der Waals surface area (Å²) in [5.41, 5.74) is 2.11. The van der Waals surface area contributed by atoms with Crippen molar-refractivity contribution in [1.82, 2.24) is 5.32 Å². The van der Waals surface area contributed by atoms with Crippen LogP contribution in [0, 0.1) is 5.41 Å². The summed E-state index contributed by atoms with van der Waals surface area (Å²) >= 11 is 0. The topological polar surface area (TPSA) is 12.0 Å². The Hall–Kier alpha value is -0.960. The van der Waals surface area contributed by atoms with Gasteiger partial charge >= 0.3 is 0 Å². The van der Waals surface area contributed by atoms with Crippen molar-refractivity contribution in [3.05, 3.63) is 35.4 Å². The van der Waals surface area contributed by atoms with Crippen LogP contribution in [-0.2, 0) is 6.42 Å². The third kappa shape index (κ3) is 3.75. The van der Waals surface area contributed by atoms with Crippen LogP contribution >= 0.6 is 0 Å². The summed E-state index contributed by atoms with van der Waals surface area (Å²) in [5, 5.41) is 2.78. The molecule has 3 heteroatoms. The molecule has 1 unspecified atom stereocenters. The lowest BCUT2D eigenvalue weighted by atomic mass is 9.83. The largest absolute Gasteiger partial charge is 0.311 e. The SMILES string of the molecule is CC(C)(C)Cc1cccc(C2CCNCC2(F)F)c1. The fourth-order valence-corrected chi connectivity index (χ4v) is 2.78. The number of alkyl halides is 2. The fraction of sp³-hybridized carbons (Fsp3) is 0.625. The van der Waals surface area contributed by atoms with Crippen LogP contribution in [0.4, 0.5) is 8.78 Å². The number of hydrogen-bond acceptors (Lipinski definition) is 1. The quantitative estimate of drug-likeness (QED) is 0.854. The molecular weight excluding hydrogens is 244 g/mol. The first-order valence-corrected chi connectivity index (χ1v) is 6.95. The minimum absolute atomic E-state index is 0.176. The molecule has 1 aromatic rings. The van der Waals surface area contributed by atoms with Crippen LogP contribution in [0.25, 0.3) is 0 Å². The van der Waals surface area contributed by atoms with E-state index in [1.54, 1.807) is 0 Å². The van der Waals surface area contributed by atoms with E-state index >= 15 is 0 Å². The highest BCUT2D eigenvalue weighted by molar-refractivity contribution is 5.29. The van der Waals surface area contributed by atoms with E-state index < -0.39 is 11.8 Å². The Kier molecular flexibility index (Phi) is 3.95. The Morgan fingerprint density at radius 3 is 2.68 bits per heavy atom. The van der Waals surface area contributed by atoms with Gasteiger partial charge in [-0.3, -0.25) is 0 Å². The summed E-state index contributed by atoms with van der Waals surface area (Å²) in [5.74, 6) is -3.29. The van der Waals surface area contributed by atoms with Crippen LogP contribution in [0.3, 0.4) is 0 Å². The van der Waals surface area contributed by atoms with Gasteiger partial charge < -0.3 is 5.32 Å². The summed E-state index contributed by atoms with van der Waals surface area (Å²) < 4.78 is 27.9. The highest BCUT2D eigenvalue weighted by Crippen LogP contribution is 2.38. The van der Waals surface area contributed by atoms with Gasteiger partial charge in [-0.25, -0.2) is 8.78 Å². The zero-order chi connectivity index (χ0) is 14.1. The maximum atomic E-state index is 14.0. The van der Waals surface area contributed by atoms with Crippen LogP contribution < -0.4 is 5.32 Å². The van der Waals surface area contributed by atoms with E-state index in [0.717, 1.165) is 17.5 Å². The standard InChI is InChI=1S/C16H23F2N/c1-15(2,3)10-12-5-4-6-13(9-12)14-7-8-19-11-16(14,17)18/h4-6,9,14,19H,7-8,10-11H2,1-3H3. The van der Waals surface area contributed by atoms with Crippen molar-refractivity contribution in [2.75, 3.05) is 13.1 Å². The molecule has 1 aromatic carbocycles. The summed E-state index contributed by atoms with van der Waals surface area (Å²) in [4.78, 5) is 0. The summed E-state index contributed by atoms with van der Waals surface area (Å²) in [6.45, 7) is 6.96. The third-order valence-corrected chi connectivity index (χ3v) is 3.57. The monoisotopic (exact) mass is 267 g/mol. The molecule has 1 aliphatic heterocycles. The molecular formula is C16H23F2N. The van der Waals surface area contributed by atoms with Crippen LogP contribution in [0.15, 0.2) is 24.3 Å². The first kappa shape index (κ1) is 14.4. The maximum Gasteiger partial charge on any atom is 0.267 e. The predicted octanol–water partition coefficient (Wildman–Crippen LogP) is 3.99. The van der Waals surface area contributed by atoms with Gasteiger partial charge in [0, 0.05) is 0 Å².